The summed E-state index contributed by atoms with van der Waals surface area (Å²) in [6, 6.07) is 5.12. The highest BCUT2D eigenvalue weighted by Gasteiger charge is 2.19. The molecule has 0 saturated carbocycles. The van der Waals surface area contributed by atoms with Crippen LogP contribution in [0.5, 0.6) is 5.75 Å². The summed E-state index contributed by atoms with van der Waals surface area (Å²) < 4.78 is 5.59. The molecule has 0 amide bonds. The molecule has 110 valence electrons. The first-order chi connectivity index (χ1) is 9.58. The molecule has 0 radical (unpaired) electrons. The first kappa shape index (κ1) is 14.6. The van der Waals surface area contributed by atoms with Crippen LogP contribution in [0, 0.1) is 10.1 Å². The lowest BCUT2D eigenvalue weighted by atomic mass is 10.2. The molecule has 1 aliphatic heterocycles. The summed E-state index contributed by atoms with van der Waals surface area (Å²) in [6.07, 6.45) is 0.979. The molecule has 0 aromatic heterocycles. The number of nitrogens with one attached hydrogen (secondary N) is 1. The second-order valence-electron chi connectivity index (χ2n) is 5.17. The van der Waals surface area contributed by atoms with Crippen molar-refractivity contribution in [2.24, 2.45) is 0 Å². The molecule has 1 saturated heterocycles. The van der Waals surface area contributed by atoms with Gasteiger partial charge in [-0.2, -0.15) is 0 Å². The summed E-state index contributed by atoms with van der Waals surface area (Å²) in [6.45, 7) is 7.53. The fourth-order valence-corrected chi connectivity index (χ4v) is 2.30. The number of anilines is 1. The third-order valence-electron chi connectivity index (χ3n) is 3.21. The fraction of sp³-hybridized carbons (Fsp3) is 0.571. The predicted octanol–water partition coefficient (Wildman–Crippen LogP) is 2.18. The standard InChI is InChI=1S/C14H21N3O3/c1-11(2)20-14-10-12(4-5-13(14)17(18)19)16-8-3-6-15-7-9-16/h4-5,10-11,15H,3,6-9H2,1-2H3. The van der Waals surface area contributed by atoms with Gasteiger partial charge in [0, 0.05) is 37.5 Å². The van der Waals surface area contributed by atoms with E-state index >= 15 is 0 Å². The minimum atomic E-state index is -0.397. The molecule has 0 aliphatic carbocycles. The third-order valence-corrected chi connectivity index (χ3v) is 3.21. The van der Waals surface area contributed by atoms with Crippen molar-refractivity contribution in [3.8, 4) is 5.75 Å². The number of nitro groups is 1. The lowest BCUT2D eigenvalue weighted by Gasteiger charge is -2.23. The van der Waals surface area contributed by atoms with Crippen LogP contribution in [0.2, 0.25) is 0 Å². The minimum absolute atomic E-state index is 0.0235. The Hall–Kier alpha value is -1.82. The highest BCUT2D eigenvalue weighted by atomic mass is 16.6. The van der Waals surface area contributed by atoms with Gasteiger partial charge in [0.05, 0.1) is 11.0 Å². The number of rotatable bonds is 4. The molecule has 6 nitrogen and oxygen atoms in total. The van der Waals surface area contributed by atoms with Crippen LogP contribution in [0.3, 0.4) is 0 Å². The molecule has 1 aromatic rings. The van der Waals surface area contributed by atoms with Crippen LogP contribution in [-0.4, -0.2) is 37.2 Å². The minimum Gasteiger partial charge on any atom is -0.484 e. The number of hydrogen-bond donors (Lipinski definition) is 1. The molecule has 0 atom stereocenters. The molecule has 0 spiro atoms. The summed E-state index contributed by atoms with van der Waals surface area (Å²) in [5, 5.41) is 14.4. The van der Waals surface area contributed by atoms with E-state index in [0.29, 0.717) is 5.75 Å². The average molecular weight is 279 g/mol. The summed E-state index contributed by atoms with van der Waals surface area (Å²) in [5.41, 5.74) is 1.00. The van der Waals surface area contributed by atoms with Gasteiger partial charge in [-0.3, -0.25) is 10.1 Å². The molecule has 1 N–H and O–H groups in total. The number of nitro benzene ring substituents is 1. The maximum atomic E-state index is 11.0. The number of benzene rings is 1. The summed E-state index contributed by atoms with van der Waals surface area (Å²) in [7, 11) is 0. The Kier molecular flexibility index (Phi) is 4.79. The van der Waals surface area contributed by atoms with E-state index in [-0.39, 0.29) is 11.8 Å². The van der Waals surface area contributed by atoms with E-state index in [4.69, 9.17) is 4.74 Å². The molecule has 1 fully saturated rings. The van der Waals surface area contributed by atoms with Gasteiger partial charge in [-0.15, -0.1) is 0 Å². The van der Waals surface area contributed by atoms with E-state index in [0.717, 1.165) is 38.3 Å². The predicted molar refractivity (Wildman–Crippen MR) is 78.6 cm³/mol. The summed E-state index contributed by atoms with van der Waals surface area (Å²) >= 11 is 0. The third kappa shape index (κ3) is 3.60. The van der Waals surface area contributed by atoms with Gasteiger partial charge in [0.1, 0.15) is 0 Å². The Balaban J connectivity index is 2.27. The van der Waals surface area contributed by atoms with Crippen molar-refractivity contribution in [3.63, 3.8) is 0 Å². The molecule has 6 heteroatoms. The van der Waals surface area contributed by atoms with Gasteiger partial charge in [-0.05, 0) is 32.9 Å². The molecular weight excluding hydrogens is 258 g/mol. The van der Waals surface area contributed by atoms with Gasteiger partial charge < -0.3 is 15.0 Å². The lowest BCUT2D eigenvalue weighted by Crippen LogP contribution is -2.27. The molecule has 2 rings (SSSR count). The summed E-state index contributed by atoms with van der Waals surface area (Å²) in [4.78, 5) is 12.9. The van der Waals surface area contributed by atoms with Crippen molar-refractivity contribution >= 4 is 11.4 Å². The van der Waals surface area contributed by atoms with E-state index < -0.39 is 4.92 Å². The Morgan fingerprint density at radius 2 is 2.15 bits per heavy atom. The Morgan fingerprint density at radius 1 is 1.35 bits per heavy atom. The number of ether oxygens (including phenoxy) is 1. The smallest absolute Gasteiger partial charge is 0.311 e. The van der Waals surface area contributed by atoms with Crippen molar-refractivity contribution in [1.82, 2.24) is 5.32 Å². The van der Waals surface area contributed by atoms with E-state index in [9.17, 15) is 10.1 Å². The molecule has 0 unspecified atom stereocenters. The fourth-order valence-electron chi connectivity index (χ4n) is 2.30. The van der Waals surface area contributed by atoms with Crippen molar-refractivity contribution in [3.05, 3.63) is 28.3 Å². The maximum absolute atomic E-state index is 11.0. The van der Waals surface area contributed by atoms with E-state index in [1.165, 1.54) is 6.07 Å². The second-order valence-corrected chi connectivity index (χ2v) is 5.17. The first-order valence-corrected chi connectivity index (χ1v) is 6.98. The van der Waals surface area contributed by atoms with Gasteiger partial charge in [0.15, 0.2) is 5.75 Å². The average Bonchev–Trinajstić information content (AvgIpc) is 2.66. The van der Waals surface area contributed by atoms with Gasteiger partial charge >= 0.3 is 5.69 Å². The van der Waals surface area contributed by atoms with E-state index in [1.54, 1.807) is 12.1 Å². The largest absolute Gasteiger partial charge is 0.484 e. The number of hydrogen-bond acceptors (Lipinski definition) is 5. The van der Waals surface area contributed by atoms with E-state index in [2.05, 4.69) is 10.2 Å². The monoisotopic (exact) mass is 279 g/mol. The van der Waals surface area contributed by atoms with Crippen molar-refractivity contribution < 1.29 is 9.66 Å². The Morgan fingerprint density at radius 3 is 2.85 bits per heavy atom. The topological polar surface area (TPSA) is 67.6 Å². The molecule has 20 heavy (non-hydrogen) atoms. The van der Waals surface area contributed by atoms with E-state index in [1.807, 2.05) is 13.8 Å². The molecule has 1 aromatic carbocycles. The van der Waals surface area contributed by atoms with Crippen LogP contribution in [0.1, 0.15) is 20.3 Å². The first-order valence-electron chi connectivity index (χ1n) is 6.98. The van der Waals surface area contributed by atoms with Crippen LogP contribution >= 0.6 is 0 Å². The molecule has 0 bridgehead atoms. The SMILES string of the molecule is CC(C)Oc1cc(N2CCCNCC2)ccc1[N+](=O)[O-]. The van der Waals surface area contributed by atoms with Crippen molar-refractivity contribution in [2.75, 3.05) is 31.1 Å². The van der Waals surface area contributed by atoms with Crippen LogP contribution in [-0.2, 0) is 0 Å². The van der Waals surface area contributed by atoms with Crippen LogP contribution in [0.4, 0.5) is 11.4 Å². The maximum Gasteiger partial charge on any atom is 0.311 e. The van der Waals surface area contributed by atoms with Gasteiger partial charge in [-0.25, -0.2) is 0 Å². The zero-order valence-corrected chi connectivity index (χ0v) is 12.0. The molecule has 1 heterocycles. The van der Waals surface area contributed by atoms with Crippen LogP contribution in [0.25, 0.3) is 0 Å². The normalized spacial score (nSPS) is 16.1. The highest BCUT2D eigenvalue weighted by molar-refractivity contribution is 5.59. The van der Waals surface area contributed by atoms with Crippen LogP contribution in [0.15, 0.2) is 18.2 Å². The van der Waals surface area contributed by atoms with Gasteiger partial charge in [-0.1, -0.05) is 0 Å². The quantitative estimate of drug-likeness (QED) is 0.676. The molecule has 1 aliphatic rings. The highest BCUT2D eigenvalue weighted by Crippen LogP contribution is 2.32. The Bertz CT molecular complexity index is 469. The zero-order chi connectivity index (χ0) is 14.5. The lowest BCUT2D eigenvalue weighted by molar-refractivity contribution is -0.386. The zero-order valence-electron chi connectivity index (χ0n) is 12.0. The Labute approximate surface area is 118 Å². The molecular formula is C14H21N3O3. The van der Waals surface area contributed by atoms with Crippen molar-refractivity contribution in [1.29, 1.82) is 0 Å². The van der Waals surface area contributed by atoms with Gasteiger partial charge in [0.25, 0.3) is 0 Å². The van der Waals surface area contributed by atoms with Crippen molar-refractivity contribution in [2.45, 2.75) is 26.4 Å². The summed E-state index contributed by atoms with van der Waals surface area (Å²) in [5.74, 6) is 0.347. The number of nitrogens with zero attached hydrogens (tertiary/aromatic N) is 2. The van der Waals surface area contributed by atoms with Gasteiger partial charge in [0.2, 0.25) is 0 Å². The second kappa shape index (κ2) is 6.56. The van der Waals surface area contributed by atoms with Crippen LogP contribution < -0.4 is 15.0 Å².